The number of halogens is 3. The van der Waals surface area contributed by atoms with Gasteiger partial charge in [0.1, 0.15) is 0 Å². The molecule has 0 bridgehead atoms. The summed E-state index contributed by atoms with van der Waals surface area (Å²) in [5, 5.41) is 3.99. The third-order valence-corrected chi connectivity index (χ3v) is 4.77. The van der Waals surface area contributed by atoms with E-state index in [4.69, 9.17) is 23.2 Å². The minimum absolute atomic E-state index is 0.528. The van der Waals surface area contributed by atoms with Crippen molar-refractivity contribution < 1.29 is 0 Å². The van der Waals surface area contributed by atoms with E-state index in [9.17, 15) is 0 Å². The topological polar surface area (TPSA) is 0 Å². The molecule has 0 radical (unpaired) electrons. The molecule has 0 spiro atoms. The molecule has 0 saturated carbocycles. The van der Waals surface area contributed by atoms with E-state index in [1.54, 1.807) is 11.3 Å². The Labute approximate surface area is 104 Å². The average Bonchev–Trinajstić information content (AvgIpc) is 2.56. The molecule has 68 valence electrons. The Morgan fingerprint density at radius 1 is 1.38 bits per heavy atom. The molecule has 1 aromatic heterocycles. The van der Waals surface area contributed by atoms with E-state index in [2.05, 4.69) is 28.0 Å². The molecule has 13 heavy (non-hydrogen) atoms. The number of benzene rings is 1. The summed E-state index contributed by atoms with van der Waals surface area (Å²) < 4.78 is 2.47. The van der Waals surface area contributed by atoms with Crippen LogP contribution < -0.4 is 0 Å². The standard InChI is InChI=1S/C9H5Cl2IS/c10-3-5-4-13-9-7(12)2-1-6(11)8(5)9/h1-2,4H,3H2. The zero-order valence-corrected chi connectivity index (χ0v) is 11.0. The fourth-order valence-electron chi connectivity index (χ4n) is 1.23. The van der Waals surface area contributed by atoms with Crippen LogP contribution >= 0.6 is 57.1 Å². The third kappa shape index (κ3) is 1.69. The molecule has 0 N–H and O–H groups in total. The quantitative estimate of drug-likeness (QED) is 0.511. The molecule has 1 aromatic carbocycles. The molecule has 0 amide bonds. The lowest BCUT2D eigenvalue weighted by atomic mass is 10.2. The van der Waals surface area contributed by atoms with Crippen molar-refractivity contribution in [2.24, 2.45) is 0 Å². The van der Waals surface area contributed by atoms with Gasteiger partial charge in [0.25, 0.3) is 0 Å². The third-order valence-electron chi connectivity index (χ3n) is 1.84. The monoisotopic (exact) mass is 342 g/mol. The predicted molar refractivity (Wildman–Crippen MR) is 69.1 cm³/mol. The van der Waals surface area contributed by atoms with Crippen LogP contribution in [0.1, 0.15) is 5.56 Å². The average molecular weight is 343 g/mol. The molecule has 0 atom stereocenters. The van der Waals surface area contributed by atoms with Gasteiger partial charge in [-0.05, 0) is 45.7 Å². The van der Waals surface area contributed by atoms with Crippen LogP contribution in [-0.4, -0.2) is 0 Å². The van der Waals surface area contributed by atoms with Crippen molar-refractivity contribution in [1.29, 1.82) is 0 Å². The summed E-state index contributed by atoms with van der Waals surface area (Å²) in [5.41, 5.74) is 1.13. The van der Waals surface area contributed by atoms with Crippen LogP contribution in [0.2, 0.25) is 5.02 Å². The van der Waals surface area contributed by atoms with Crippen LogP contribution in [0.4, 0.5) is 0 Å². The molecular weight excluding hydrogens is 338 g/mol. The van der Waals surface area contributed by atoms with Gasteiger partial charge >= 0.3 is 0 Å². The second-order valence-electron chi connectivity index (χ2n) is 2.63. The zero-order chi connectivity index (χ0) is 9.42. The van der Waals surface area contributed by atoms with E-state index < -0.39 is 0 Å². The molecule has 0 fully saturated rings. The van der Waals surface area contributed by atoms with E-state index in [1.807, 2.05) is 12.1 Å². The molecule has 0 aliphatic rings. The molecule has 2 rings (SSSR count). The van der Waals surface area contributed by atoms with E-state index in [0.29, 0.717) is 5.88 Å². The van der Waals surface area contributed by atoms with Gasteiger partial charge in [-0.1, -0.05) is 11.6 Å². The van der Waals surface area contributed by atoms with Gasteiger partial charge in [0.15, 0.2) is 0 Å². The van der Waals surface area contributed by atoms with Gasteiger partial charge in [-0.15, -0.1) is 22.9 Å². The molecule has 0 aliphatic carbocycles. The maximum atomic E-state index is 6.10. The van der Waals surface area contributed by atoms with Gasteiger partial charge in [-0.2, -0.15) is 0 Å². The number of rotatable bonds is 1. The largest absolute Gasteiger partial charge is 0.142 e. The molecule has 2 aromatic rings. The lowest BCUT2D eigenvalue weighted by molar-refractivity contribution is 1.50. The van der Waals surface area contributed by atoms with Crippen LogP contribution in [0.25, 0.3) is 10.1 Å². The zero-order valence-electron chi connectivity index (χ0n) is 6.48. The van der Waals surface area contributed by atoms with Crippen molar-refractivity contribution >= 4 is 67.2 Å². The van der Waals surface area contributed by atoms with Crippen LogP contribution in [0, 0.1) is 3.57 Å². The molecule has 1 heterocycles. The van der Waals surface area contributed by atoms with E-state index in [1.165, 1.54) is 8.27 Å². The van der Waals surface area contributed by atoms with Gasteiger partial charge in [-0.3, -0.25) is 0 Å². The van der Waals surface area contributed by atoms with Gasteiger partial charge in [-0.25, -0.2) is 0 Å². The van der Waals surface area contributed by atoms with Crippen LogP contribution in [-0.2, 0) is 5.88 Å². The van der Waals surface area contributed by atoms with E-state index >= 15 is 0 Å². The summed E-state index contributed by atoms with van der Waals surface area (Å²) in [6, 6.07) is 3.95. The minimum atomic E-state index is 0.528. The fraction of sp³-hybridized carbons (Fsp3) is 0.111. The first-order valence-electron chi connectivity index (χ1n) is 3.64. The molecule has 4 heteroatoms. The smallest absolute Gasteiger partial charge is 0.0496 e. The Balaban J connectivity index is 2.87. The first kappa shape index (κ1) is 10.0. The van der Waals surface area contributed by atoms with Crippen molar-refractivity contribution in [3.63, 3.8) is 0 Å². The fourth-order valence-corrected chi connectivity index (χ4v) is 3.70. The molecular formula is C9H5Cl2IS. The highest BCUT2D eigenvalue weighted by Gasteiger charge is 2.09. The Bertz CT molecular complexity index is 450. The number of fused-ring (bicyclic) bond motifs is 1. The number of alkyl halides is 1. The normalized spacial score (nSPS) is 11.0. The molecule has 0 unspecified atom stereocenters. The van der Waals surface area contributed by atoms with Crippen molar-refractivity contribution in [2.75, 3.05) is 0 Å². The minimum Gasteiger partial charge on any atom is -0.142 e. The molecule has 0 nitrogen and oxygen atoms in total. The van der Waals surface area contributed by atoms with Crippen LogP contribution in [0.5, 0.6) is 0 Å². The van der Waals surface area contributed by atoms with Crippen molar-refractivity contribution in [1.82, 2.24) is 0 Å². The van der Waals surface area contributed by atoms with Crippen LogP contribution in [0.15, 0.2) is 17.5 Å². The maximum Gasteiger partial charge on any atom is 0.0496 e. The summed E-state index contributed by atoms with van der Waals surface area (Å²) in [7, 11) is 0. The predicted octanol–water partition coefficient (Wildman–Crippen LogP) is 4.90. The van der Waals surface area contributed by atoms with E-state index in [0.717, 1.165) is 16.0 Å². The Hall–Kier alpha value is 0.490. The summed E-state index contributed by atoms with van der Waals surface area (Å²) in [4.78, 5) is 0. The van der Waals surface area contributed by atoms with Crippen molar-refractivity contribution in [3.8, 4) is 0 Å². The Morgan fingerprint density at radius 2 is 2.15 bits per heavy atom. The SMILES string of the molecule is ClCc1csc2c(I)ccc(Cl)c12. The first-order valence-corrected chi connectivity index (χ1v) is 6.51. The summed E-state index contributed by atoms with van der Waals surface area (Å²) in [5.74, 6) is 0.528. The lowest BCUT2D eigenvalue weighted by Crippen LogP contribution is -1.77. The van der Waals surface area contributed by atoms with Crippen molar-refractivity contribution in [2.45, 2.75) is 5.88 Å². The van der Waals surface area contributed by atoms with Crippen molar-refractivity contribution in [3.05, 3.63) is 31.7 Å². The Morgan fingerprint density at radius 3 is 2.85 bits per heavy atom. The number of thiophene rings is 1. The van der Waals surface area contributed by atoms with Gasteiger partial charge in [0.05, 0.1) is 0 Å². The highest BCUT2D eigenvalue weighted by molar-refractivity contribution is 14.1. The summed E-state index contributed by atoms with van der Waals surface area (Å²) in [6.45, 7) is 0. The lowest BCUT2D eigenvalue weighted by Gasteiger charge is -1.98. The summed E-state index contributed by atoms with van der Waals surface area (Å²) in [6.07, 6.45) is 0. The summed E-state index contributed by atoms with van der Waals surface area (Å²) >= 11 is 15.9. The Kier molecular flexibility index (Phi) is 3.03. The molecule has 0 aliphatic heterocycles. The van der Waals surface area contributed by atoms with Gasteiger partial charge < -0.3 is 0 Å². The van der Waals surface area contributed by atoms with Gasteiger partial charge in [0, 0.05) is 24.6 Å². The van der Waals surface area contributed by atoms with Gasteiger partial charge in [0.2, 0.25) is 0 Å². The second-order valence-corrected chi connectivity index (χ2v) is 5.34. The second kappa shape index (κ2) is 3.93. The number of hydrogen-bond donors (Lipinski definition) is 0. The van der Waals surface area contributed by atoms with Crippen LogP contribution in [0.3, 0.4) is 0 Å². The number of hydrogen-bond acceptors (Lipinski definition) is 1. The highest BCUT2D eigenvalue weighted by Crippen LogP contribution is 2.35. The first-order chi connectivity index (χ1) is 6.24. The van der Waals surface area contributed by atoms with E-state index in [-0.39, 0.29) is 0 Å². The molecule has 0 saturated heterocycles. The maximum absolute atomic E-state index is 6.10. The highest BCUT2D eigenvalue weighted by atomic mass is 127.